The van der Waals surface area contributed by atoms with Crippen molar-refractivity contribution in [3.63, 3.8) is 0 Å². The van der Waals surface area contributed by atoms with Crippen molar-refractivity contribution < 1.29 is 4.79 Å². The summed E-state index contributed by atoms with van der Waals surface area (Å²) in [4.78, 5) is 15.2. The van der Waals surface area contributed by atoms with Crippen molar-refractivity contribution in [3.05, 3.63) is 48.0 Å². The van der Waals surface area contributed by atoms with Gasteiger partial charge in [-0.2, -0.15) is 0 Å². The number of carbonyl (C=O) groups is 1. The summed E-state index contributed by atoms with van der Waals surface area (Å²) in [6.07, 6.45) is 8.04. The number of fused-ring (bicyclic) bond motifs is 1. The number of rotatable bonds is 4. The molecule has 1 amide bonds. The second-order valence-corrected chi connectivity index (χ2v) is 7.69. The lowest BCUT2D eigenvalue weighted by Crippen LogP contribution is -2.42. The molecule has 3 nitrogen and oxygen atoms in total. The molecular weight excluding hydrogens is 308 g/mol. The molecule has 1 aliphatic carbocycles. The van der Waals surface area contributed by atoms with E-state index in [0.717, 1.165) is 23.5 Å². The highest BCUT2D eigenvalue weighted by Crippen LogP contribution is 2.27. The molecule has 1 aliphatic heterocycles. The first-order valence-electron chi connectivity index (χ1n) is 9.80. The molecular formula is C22H28N2O. The van der Waals surface area contributed by atoms with Gasteiger partial charge in [0.25, 0.3) is 5.91 Å². The predicted octanol–water partition coefficient (Wildman–Crippen LogP) is 4.22. The monoisotopic (exact) mass is 336 g/mol. The number of hydrogen-bond acceptors (Lipinski definition) is 2. The van der Waals surface area contributed by atoms with Gasteiger partial charge < -0.3 is 10.2 Å². The van der Waals surface area contributed by atoms with Gasteiger partial charge in [-0.25, -0.2) is 0 Å². The van der Waals surface area contributed by atoms with Crippen LogP contribution in [0.5, 0.6) is 0 Å². The molecule has 1 heterocycles. The molecule has 2 aromatic carbocycles. The first-order chi connectivity index (χ1) is 12.3. The Bertz CT molecular complexity index is 728. The van der Waals surface area contributed by atoms with Crippen LogP contribution >= 0.6 is 0 Å². The lowest BCUT2D eigenvalue weighted by molar-refractivity contribution is 0.0925. The van der Waals surface area contributed by atoms with E-state index >= 15 is 0 Å². The summed E-state index contributed by atoms with van der Waals surface area (Å²) in [5.41, 5.74) is 0.766. The van der Waals surface area contributed by atoms with Crippen LogP contribution in [0, 0.1) is 5.92 Å². The van der Waals surface area contributed by atoms with E-state index in [4.69, 9.17) is 0 Å². The van der Waals surface area contributed by atoms with Crippen molar-refractivity contribution in [2.45, 2.75) is 44.6 Å². The molecule has 0 unspecified atom stereocenters. The van der Waals surface area contributed by atoms with E-state index < -0.39 is 0 Å². The minimum Gasteiger partial charge on any atom is -0.352 e. The number of nitrogens with one attached hydrogen (secondary N) is 1. The second-order valence-electron chi connectivity index (χ2n) is 7.69. The Balaban J connectivity index is 1.28. The Labute approximate surface area is 150 Å². The van der Waals surface area contributed by atoms with E-state index in [1.807, 2.05) is 30.3 Å². The molecule has 0 spiro atoms. The van der Waals surface area contributed by atoms with E-state index in [9.17, 15) is 4.79 Å². The lowest BCUT2D eigenvalue weighted by atomic mass is 9.95. The van der Waals surface area contributed by atoms with Crippen molar-refractivity contribution in [1.29, 1.82) is 0 Å². The molecule has 25 heavy (non-hydrogen) atoms. The summed E-state index contributed by atoms with van der Waals surface area (Å²) in [5, 5.41) is 5.46. The maximum Gasteiger partial charge on any atom is 0.251 e. The van der Waals surface area contributed by atoms with Crippen LogP contribution in [0.1, 0.15) is 48.9 Å². The van der Waals surface area contributed by atoms with Crippen molar-refractivity contribution in [1.82, 2.24) is 10.2 Å². The van der Waals surface area contributed by atoms with E-state index in [2.05, 4.69) is 22.3 Å². The summed E-state index contributed by atoms with van der Waals surface area (Å²) in [6, 6.07) is 15.0. The first kappa shape index (κ1) is 16.6. The highest BCUT2D eigenvalue weighted by Gasteiger charge is 2.27. The Kier molecular flexibility index (Phi) is 5.02. The number of piperidine rings is 1. The average Bonchev–Trinajstić information content (AvgIpc) is 3.21. The third-order valence-corrected chi connectivity index (χ3v) is 6.05. The zero-order chi connectivity index (χ0) is 17.1. The molecule has 1 N–H and O–H groups in total. The Morgan fingerprint density at radius 2 is 1.68 bits per heavy atom. The van der Waals surface area contributed by atoms with Gasteiger partial charge in [-0.1, -0.05) is 43.2 Å². The fraction of sp³-hybridized carbons (Fsp3) is 0.500. The van der Waals surface area contributed by atoms with Crippen LogP contribution in [0.2, 0.25) is 0 Å². The van der Waals surface area contributed by atoms with Crippen LogP contribution in [0.25, 0.3) is 10.8 Å². The van der Waals surface area contributed by atoms with Gasteiger partial charge in [0, 0.05) is 18.2 Å². The third-order valence-electron chi connectivity index (χ3n) is 6.05. The average molecular weight is 336 g/mol. The molecule has 1 saturated heterocycles. The van der Waals surface area contributed by atoms with Gasteiger partial charge >= 0.3 is 0 Å². The molecule has 3 heteroatoms. The molecule has 2 fully saturated rings. The quantitative estimate of drug-likeness (QED) is 0.906. The first-order valence-corrected chi connectivity index (χ1v) is 9.80. The van der Waals surface area contributed by atoms with Crippen LogP contribution in [0.15, 0.2) is 42.5 Å². The fourth-order valence-corrected chi connectivity index (χ4v) is 4.46. The smallest absolute Gasteiger partial charge is 0.251 e. The van der Waals surface area contributed by atoms with Gasteiger partial charge in [0.1, 0.15) is 0 Å². The summed E-state index contributed by atoms with van der Waals surface area (Å²) < 4.78 is 0. The fourth-order valence-electron chi connectivity index (χ4n) is 4.46. The summed E-state index contributed by atoms with van der Waals surface area (Å²) in [7, 11) is 0. The highest BCUT2D eigenvalue weighted by atomic mass is 16.1. The molecule has 132 valence electrons. The lowest BCUT2D eigenvalue weighted by Gasteiger charge is -2.36. The molecule has 2 aliphatic rings. The van der Waals surface area contributed by atoms with Gasteiger partial charge in [-0.15, -0.1) is 0 Å². The number of amides is 1. The number of benzene rings is 2. The SMILES string of the molecule is O=C(NCC1CCN(C2CCCC2)CC1)c1ccc2ccccc2c1. The normalized spacial score (nSPS) is 20.2. The minimum absolute atomic E-state index is 0.0592. The zero-order valence-electron chi connectivity index (χ0n) is 14.9. The van der Waals surface area contributed by atoms with Crippen LogP contribution in [-0.4, -0.2) is 36.5 Å². The number of likely N-dealkylation sites (tertiary alicyclic amines) is 1. The number of carbonyl (C=O) groups excluding carboxylic acids is 1. The van der Waals surface area contributed by atoms with E-state index in [1.54, 1.807) is 0 Å². The number of hydrogen-bond donors (Lipinski definition) is 1. The molecule has 0 atom stereocenters. The van der Waals surface area contributed by atoms with Crippen molar-refractivity contribution in [2.75, 3.05) is 19.6 Å². The zero-order valence-corrected chi connectivity index (χ0v) is 14.9. The van der Waals surface area contributed by atoms with Crippen LogP contribution < -0.4 is 5.32 Å². The second kappa shape index (κ2) is 7.57. The molecule has 0 bridgehead atoms. The van der Waals surface area contributed by atoms with Gasteiger partial charge in [0.2, 0.25) is 0 Å². The third kappa shape index (κ3) is 3.87. The van der Waals surface area contributed by atoms with Crippen molar-refractivity contribution >= 4 is 16.7 Å². The molecule has 4 rings (SSSR count). The number of nitrogens with zero attached hydrogens (tertiary/aromatic N) is 1. The highest BCUT2D eigenvalue weighted by molar-refractivity contribution is 5.98. The Morgan fingerprint density at radius 1 is 0.960 bits per heavy atom. The maximum absolute atomic E-state index is 12.5. The van der Waals surface area contributed by atoms with Crippen molar-refractivity contribution in [3.8, 4) is 0 Å². The Hall–Kier alpha value is -1.87. The predicted molar refractivity (Wildman–Crippen MR) is 103 cm³/mol. The van der Waals surface area contributed by atoms with Gasteiger partial charge in [0.05, 0.1) is 0 Å². The van der Waals surface area contributed by atoms with Crippen molar-refractivity contribution in [2.24, 2.45) is 5.92 Å². The van der Waals surface area contributed by atoms with Gasteiger partial charge in [-0.3, -0.25) is 4.79 Å². The molecule has 0 aromatic heterocycles. The summed E-state index contributed by atoms with van der Waals surface area (Å²) in [6.45, 7) is 3.23. The van der Waals surface area contributed by atoms with E-state index in [0.29, 0.717) is 5.92 Å². The minimum atomic E-state index is 0.0592. The standard InChI is InChI=1S/C22H28N2O/c25-22(20-10-9-18-5-1-2-6-19(18)15-20)23-16-17-11-13-24(14-12-17)21-7-3-4-8-21/h1-2,5-6,9-10,15,17,21H,3-4,7-8,11-14,16H2,(H,23,25). The van der Waals surface area contributed by atoms with E-state index in [-0.39, 0.29) is 5.91 Å². The Morgan fingerprint density at radius 3 is 2.44 bits per heavy atom. The van der Waals surface area contributed by atoms with Crippen LogP contribution in [-0.2, 0) is 0 Å². The van der Waals surface area contributed by atoms with Crippen LogP contribution in [0.3, 0.4) is 0 Å². The van der Waals surface area contributed by atoms with Gasteiger partial charge in [0.15, 0.2) is 0 Å². The summed E-state index contributed by atoms with van der Waals surface area (Å²) in [5.74, 6) is 0.686. The molecule has 0 radical (unpaired) electrons. The largest absolute Gasteiger partial charge is 0.352 e. The maximum atomic E-state index is 12.5. The molecule has 2 aromatic rings. The summed E-state index contributed by atoms with van der Waals surface area (Å²) >= 11 is 0. The van der Waals surface area contributed by atoms with E-state index in [1.165, 1.54) is 57.0 Å². The molecule has 1 saturated carbocycles. The topological polar surface area (TPSA) is 32.3 Å². The van der Waals surface area contributed by atoms with Gasteiger partial charge in [-0.05, 0) is 67.6 Å². The van der Waals surface area contributed by atoms with Crippen LogP contribution in [0.4, 0.5) is 0 Å².